The average Bonchev–Trinajstić information content (AvgIpc) is 1.25. The maximum Gasteiger partial charge on any atom is 1.00 e. The molecule has 13 heteroatoms. The van der Waals surface area contributed by atoms with Gasteiger partial charge in [0.25, 0.3) is 0 Å². The predicted molar refractivity (Wildman–Crippen MR) is 38.4 cm³/mol. The molecule has 0 saturated heterocycles. The second kappa shape index (κ2) is 50.9. The third-order valence-corrected chi connectivity index (χ3v) is 0. The van der Waals surface area contributed by atoms with Crippen molar-refractivity contribution in [2.24, 2.45) is 0 Å². The Morgan fingerprint density at radius 3 is 0.800 bits per heavy atom. The molecule has 0 amide bonds. The fourth-order valence-electron chi connectivity index (χ4n) is 0. The minimum atomic E-state index is -2.33. The van der Waals surface area contributed by atoms with Gasteiger partial charge in [0.2, 0.25) is 0 Å². The second-order valence-electron chi connectivity index (χ2n) is 0.533. The van der Waals surface area contributed by atoms with Crippen molar-refractivity contribution in [2.45, 2.75) is 0 Å². The monoisotopic (exact) mass is 332 g/mol. The summed E-state index contributed by atoms with van der Waals surface area (Å²) in [4.78, 5) is 16.9. The topological polar surface area (TPSA) is 215 Å². The molecule has 0 aromatic rings. The molecule has 9 nitrogen and oxygen atoms in total. The van der Waals surface area contributed by atoms with Crippen LogP contribution >= 0.6 is 0 Å². The first-order chi connectivity index (χ1) is 3.46. The van der Waals surface area contributed by atoms with E-state index in [1.807, 2.05) is 0 Å². The van der Waals surface area contributed by atoms with Gasteiger partial charge in [-0.25, -0.2) is 4.79 Å². The first kappa shape index (κ1) is 59.7. The van der Waals surface area contributed by atoms with Crippen LogP contribution in [-0.4, -0.2) is 142 Å². The SMILES string of the molecule is O.O.O.O=C(O)O.O=C([O-])[O-].[K+].[K+].[K].[K]. The van der Waals surface area contributed by atoms with E-state index in [4.69, 9.17) is 30.0 Å². The summed E-state index contributed by atoms with van der Waals surface area (Å²) in [7, 11) is 0. The van der Waals surface area contributed by atoms with Crippen LogP contribution in [-0.2, 0) is 0 Å². The zero-order valence-electron chi connectivity index (χ0n) is 9.03. The maximum absolute atomic E-state index is 8.56. The number of rotatable bonds is 0. The molecule has 8 N–H and O–H groups in total. The molecule has 0 unspecified atom stereocenters. The summed E-state index contributed by atoms with van der Waals surface area (Å²) >= 11 is 0. The van der Waals surface area contributed by atoms with Crippen LogP contribution in [0, 0.1) is 0 Å². The van der Waals surface area contributed by atoms with Crippen LogP contribution in [0.3, 0.4) is 0 Å². The zero-order valence-corrected chi connectivity index (χ0v) is 21.5. The Kier molecular flexibility index (Phi) is 203. The van der Waals surface area contributed by atoms with Crippen molar-refractivity contribution in [2.75, 3.05) is 0 Å². The van der Waals surface area contributed by atoms with Gasteiger partial charge in [0, 0.05) is 103 Å². The Balaban J connectivity index is -0.00000000468. The first-order valence-electron chi connectivity index (χ1n) is 1.26. The summed E-state index contributed by atoms with van der Waals surface area (Å²) in [5.41, 5.74) is 0. The van der Waals surface area contributed by atoms with Crippen LogP contribution in [0.1, 0.15) is 0 Å². The number of carbonyl (C=O) groups excluding carboxylic acids is 1. The van der Waals surface area contributed by atoms with E-state index in [0.29, 0.717) is 0 Å². The van der Waals surface area contributed by atoms with E-state index in [0.717, 1.165) is 0 Å². The van der Waals surface area contributed by atoms with Gasteiger partial charge in [0.15, 0.2) is 0 Å². The summed E-state index contributed by atoms with van der Waals surface area (Å²) in [5, 5.41) is 30.6. The van der Waals surface area contributed by atoms with Gasteiger partial charge in [-0.2, -0.15) is 0 Å². The normalized spacial score (nSPS) is 3.20. The smallest absolute Gasteiger partial charge is 0.652 e. The van der Waals surface area contributed by atoms with Crippen molar-refractivity contribution in [1.29, 1.82) is 0 Å². The molecule has 2 radical (unpaired) electrons. The molecule has 0 fully saturated rings. The maximum atomic E-state index is 8.56. The van der Waals surface area contributed by atoms with E-state index >= 15 is 0 Å². The van der Waals surface area contributed by atoms with Gasteiger partial charge in [-0.15, -0.1) is 0 Å². The zero-order chi connectivity index (χ0) is 7.15. The van der Waals surface area contributed by atoms with Crippen LogP contribution in [0.25, 0.3) is 0 Å². The van der Waals surface area contributed by atoms with Gasteiger partial charge in [0.1, 0.15) is 0 Å². The fourth-order valence-corrected chi connectivity index (χ4v) is 0. The van der Waals surface area contributed by atoms with Crippen LogP contribution in [0.15, 0.2) is 0 Å². The first-order valence-corrected chi connectivity index (χ1v) is 1.26. The second-order valence-corrected chi connectivity index (χ2v) is 0.533. The number of carbonyl (C=O) groups is 2. The molecule has 0 aromatic heterocycles. The molecule has 0 rings (SSSR count). The minimum absolute atomic E-state index is 0. The molecule has 0 aliphatic carbocycles. The summed E-state index contributed by atoms with van der Waals surface area (Å²) in [6.07, 6.45) is -4.17. The van der Waals surface area contributed by atoms with Gasteiger partial charge < -0.3 is 41.6 Å². The molecule has 0 aliphatic rings. The van der Waals surface area contributed by atoms with Crippen LogP contribution in [0.5, 0.6) is 0 Å². The van der Waals surface area contributed by atoms with E-state index in [2.05, 4.69) is 0 Å². The Labute approximate surface area is 256 Å². The van der Waals surface area contributed by atoms with E-state index in [1.54, 1.807) is 0 Å². The number of hydrogen-bond donors (Lipinski definition) is 2. The third kappa shape index (κ3) is 221. The quantitative estimate of drug-likeness (QED) is 0.410. The molecule has 0 atom stereocenters. The fraction of sp³-hybridized carbons (Fsp3) is 0. The molecular weight excluding hydrogens is 324 g/mol. The molecule has 15 heavy (non-hydrogen) atoms. The van der Waals surface area contributed by atoms with Crippen molar-refractivity contribution >= 4 is 115 Å². The van der Waals surface area contributed by atoms with Crippen LogP contribution < -0.4 is 113 Å². The molecule has 0 spiro atoms. The van der Waals surface area contributed by atoms with E-state index in [9.17, 15) is 0 Å². The average molecular weight is 332 g/mol. The molecule has 0 aromatic carbocycles. The summed E-state index contributed by atoms with van der Waals surface area (Å²) in [5.74, 6) is 0. The predicted octanol–water partition coefficient (Wildman–Crippen LogP) is -11.5. The van der Waals surface area contributed by atoms with Gasteiger partial charge in [-0.1, -0.05) is 0 Å². The summed E-state index contributed by atoms with van der Waals surface area (Å²) < 4.78 is 0. The van der Waals surface area contributed by atoms with Crippen molar-refractivity contribution in [3.63, 3.8) is 0 Å². The van der Waals surface area contributed by atoms with Crippen molar-refractivity contribution in [1.82, 2.24) is 0 Å². The minimum Gasteiger partial charge on any atom is -0.652 e. The van der Waals surface area contributed by atoms with Crippen LogP contribution in [0.2, 0.25) is 0 Å². The van der Waals surface area contributed by atoms with Crippen LogP contribution in [0.4, 0.5) is 9.59 Å². The van der Waals surface area contributed by atoms with Gasteiger partial charge in [-0.05, 0) is 6.16 Å². The number of carboxylic acid groups (broad SMARTS) is 4. The molecule has 0 heterocycles. The van der Waals surface area contributed by atoms with Crippen molar-refractivity contribution in [3.05, 3.63) is 0 Å². The molecule has 0 bridgehead atoms. The Hall–Kier alpha value is 4.97. The van der Waals surface area contributed by atoms with Gasteiger partial charge >= 0.3 is 109 Å². The van der Waals surface area contributed by atoms with E-state index in [-0.39, 0.29) is 222 Å². The third-order valence-electron chi connectivity index (χ3n) is 0. The standard InChI is InChI=1S/2CH2O3.4K.3H2O/c2*2-1(3)4;;;;;;;/h2*(H2,2,3,4);;;;;3*1H2/q;;;;2*+1;;;/p-2. The molecular formula is C2H8K4O9. The summed E-state index contributed by atoms with van der Waals surface area (Å²) in [6.45, 7) is 0. The largest absolute Gasteiger partial charge is 1.00 e. The summed E-state index contributed by atoms with van der Waals surface area (Å²) in [6, 6.07) is 0. The number of hydrogen-bond acceptors (Lipinski definition) is 4. The Morgan fingerprint density at radius 1 is 0.800 bits per heavy atom. The van der Waals surface area contributed by atoms with Gasteiger partial charge in [0.05, 0.1) is 0 Å². The van der Waals surface area contributed by atoms with Gasteiger partial charge in [-0.3, -0.25) is 0 Å². The van der Waals surface area contributed by atoms with Crippen molar-refractivity contribution < 1.29 is 149 Å². The van der Waals surface area contributed by atoms with Crippen molar-refractivity contribution in [3.8, 4) is 0 Å². The molecule has 0 saturated carbocycles. The molecule has 74 valence electrons. The van der Waals surface area contributed by atoms with E-state index in [1.165, 1.54) is 0 Å². The van der Waals surface area contributed by atoms with E-state index < -0.39 is 12.3 Å². The Bertz CT molecular complexity index is 78.1. The Morgan fingerprint density at radius 2 is 0.800 bits per heavy atom. The molecule has 0 aliphatic heterocycles.